The van der Waals surface area contributed by atoms with Crippen LogP contribution >= 0.6 is 23.2 Å². The van der Waals surface area contributed by atoms with Gasteiger partial charge in [-0.25, -0.2) is 4.98 Å². The monoisotopic (exact) mass is 332 g/mol. The minimum Gasteiger partial charge on any atom is -0.370 e. The second kappa shape index (κ2) is 6.38. The van der Waals surface area contributed by atoms with Gasteiger partial charge in [0.25, 0.3) is 0 Å². The van der Waals surface area contributed by atoms with E-state index in [4.69, 9.17) is 23.2 Å². The Labute approximate surface area is 138 Å². The van der Waals surface area contributed by atoms with Crippen molar-refractivity contribution in [3.05, 3.63) is 52.5 Å². The van der Waals surface area contributed by atoms with E-state index in [9.17, 15) is 0 Å². The third-order valence-corrected chi connectivity index (χ3v) is 3.69. The van der Waals surface area contributed by atoms with Crippen LogP contribution in [0.3, 0.4) is 0 Å². The van der Waals surface area contributed by atoms with Crippen molar-refractivity contribution in [3.8, 4) is 0 Å². The number of nitrogens with zero attached hydrogens (tertiary/aromatic N) is 2. The summed E-state index contributed by atoms with van der Waals surface area (Å²) in [6.45, 7) is 2.80. The van der Waals surface area contributed by atoms with Gasteiger partial charge in [0.2, 0.25) is 5.95 Å². The van der Waals surface area contributed by atoms with Crippen LogP contribution in [0.4, 0.5) is 17.5 Å². The summed E-state index contributed by atoms with van der Waals surface area (Å²) in [7, 11) is 0. The van der Waals surface area contributed by atoms with Gasteiger partial charge in [0, 0.05) is 17.0 Å². The molecule has 4 nitrogen and oxygen atoms in total. The van der Waals surface area contributed by atoms with Crippen molar-refractivity contribution in [2.75, 3.05) is 17.2 Å². The number of benzene rings is 2. The number of hydrogen-bond donors (Lipinski definition) is 2. The van der Waals surface area contributed by atoms with E-state index in [1.807, 2.05) is 31.2 Å². The molecule has 1 aromatic heterocycles. The molecule has 0 saturated carbocycles. The van der Waals surface area contributed by atoms with E-state index >= 15 is 0 Å². The molecule has 0 fully saturated rings. The fourth-order valence-corrected chi connectivity index (χ4v) is 2.49. The van der Waals surface area contributed by atoms with E-state index < -0.39 is 0 Å². The van der Waals surface area contributed by atoms with Crippen molar-refractivity contribution < 1.29 is 0 Å². The summed E-state index contributed by atoms with van der Waals surface area (Å²) in [5.74, 6) is 1.26. The van der Waals surface area contributed by atoms with Crippen LogP contribution < -0.4 is 10.6 Å². The minimum absolute atomic E-state index is 0.471. The highest BCUT2D eigenvalue weighted by molar-refractivity contribution is 6.35. The molecule has 0 aliphatic rings. The number of aromatic nitrogens is 2. The van der Waals surface area contributed by atoms with Crippen LogP contribution in [0.25, 0.3) is 10.9 Å². The quantitative estimate of drug-likeness (QED) is 0.696. The van der Waals surface area contributed by atoms with Crippen LogP contribution in [0.2, 0.25) is 10.0 Å². The largest absolute Gasteiger partial charge is 0.370 e. The maximum atomic E-state index is 6.17. The zero-order chi connectivity index (χ0) is 15.5. The van der Waals surface area contributed by atoms with Crippen LogP contribution in [0.15, 0.2) is 42.5 Å². The number of fused-ring (bicyclic) bond motifs is 1. The summed E-state index contributed by atoms with van der Waals surface area (Å²) in [5, 5.41) is 8.51. The molecule has 112 valence electrons. The van der Waals surface area contributed by atoms with Crippen molar-refractivity contribution in [2.24, 2.45) is 0 Å². The van der Waals surface area contributed by atoms with Gasteiger partial charge in [-0.15, -0.1) is 0 Å². The summed E-state index contributed by atoms with van der Waals surface area (Å²) in [6.07, 6.45) is 0. The third kappa shape index (κ3) is 3.08. The summed E-state index contributed by atoms with van der Waals surface area (Å²) >= 11 is 12.2. The van der Waals surface area contributed by atoms with Gasteiger partial charge in [-0.3, -0.25) is 0 Å². The second-order valence-electron chi connectivity index (χ2n) is 4.69. The van der Waals surface area contributed by atoms with E-state index in [1.54, 1.807) is 18.2 Å². The summed E-state index contributed by atoms with van der Waals surface area (Å²) in [5.41, 5.74) is 1.53. The molecule has 0 aliphatic heterocycles. The van der Waals surface area contributed by atoms with Crippen LogP contribution in [-0.4, -0.2) is 16.5 Å². The summed E-state index contributed by atoms with van der Waals surface area (Å²) in [6, 6.07) is 13.1. The maximum Gasteiger partial charge on any atom is 0.229 e. The first-order valence-corrected chi connectivity index (χ1v) is 7.65. The lowest BCUT2D eigenvalue weighted by molar-refractivity contribution is 1.14. The van der Waals surface area contributed by atoms with Gasteiger partial charge < -0.3 is 10.6 Å². The van der Waals surface area contributed by atoms with Gasteiger partial charge in [0.1, 0.15) is 5.82 Å². The predicted octanol–water partition coefficient (Wildman–Crippen LogP) is 5.11. The molecule has 2 N–H and O–H groups in total. The Hall–Kier alpha value is -2.04. The topological polar surface area (TPSA) is 49.8 Å². The molecule has 3 rings (SSSR count). The Morgan fingerprint density at radius 3 is 2.68 bits per heavy atom. The van der Waals surface area contributed by atoms with Crippen molar-refractivity contribution in [2.45, 2.75) is 6.92 Å². The van der Waals surface area contributed by atoms with Crippen LogP contribution in [0, 0.1) is 0 Å². The van der Waals surface area contributed by atoms with Crippen LogP contribution in [-0.2, 0) is 0 Å². The molecule has 0 saturated heterocycles. The average molecular weight is 333 g/mol. The lowest BCUT2D eigenvalue weighted by atomic mass is 10.2. The standard InChI is InChI=1S/C16H14Cl2N4/c1-2-19-15-11-5-3-4-6-13(11)20-16(22-15)21-14-9-10(17)7-8-12(14)18/h3-9H,2H2,1H3,(H2,19,20,21,22). The molecule has 3 aromatic rings. The molecular formula is C16H14Cl2N4. The molecule has 0 unspecified atom stereocenters. The first-order chi connectivity index (χ1) is 10.7. The Balaban J connectivity index is 2.05. The molecule has 1 heterocycles. The smallest absolute Gasteiger partial charge is 0.229 e. The summed E-state index contributed by atoms with van der Waals surface area (Å²) < 4.78 is 0. The molecule has 0 atom stereocenters. The zero-order valence-electron chi connectivity index (χ0n) is 11.9. The zero-order valence-corrected chi connectivity index (χ0v) is 13.4. The average Bonchev–Trinajstić information content (AvgIpc) is 2.51. The van der Waals surface area contributed by atoms with E-state index in [0.717, 1.165) is 23.3 Å². The molecule has 0 spiro atoms. The number of rotatable bonds is 4. The second-order valence-corrected chi connectivity index (χ2v) is 5.54. The molecule has 0 radical (unpaired) electrons. The Kier molecular flexibility index (Phi) is 4.32. The highest BCUT2D eigenvalue weighted by Crippen LogP contribution is 2.29. The predicted molar refractivity (Wildman–Crippen MR) is 93.4 cm³/mol. The van der Waals surface area contributed by atoms with Gasteiger partial charge in [0.15, 0.2) is 0 Å². The Morgan fingerprint density at radius 1 is 1.05 bits per heavy atom. The molecule has 6 heteroatoms. The first-order valence-electron chi connectivity index (χ1n) is 6.90. The normalized spacial score (nSPS) is 10.7. The molecule has 0 bridgehead atoms. The minimum atomic E-state index is 0.471. The van der Waals surface area contributed by atoms with Gasteiger partial charge in [-0.1, -0.05) is 35.3 Å². The van der Waals surface area contributed by atoms with E-state index in [2.05, 4.69) is 20.6 Å². The number of para-hydroxylation sites is 1. The molecule has 0 amide bonds. The third-order valence-electron chi connectivity index (χ3n) is 3.12. The van der Waals surface area contributed by atoms with E-state index in [-0.39, 0.29) is 0 Å². The van der Waals surface area contributed by atoms with Gasteiger partial charge in [-0.05, 0) is 37.3 Å². The van der Waals surface area contributed by atoms with E-state index in [1.165, 1.54) is 0 Å². The van der Waals surface area contributed by atoms with Crippen LogP contribution in [0.1, 0.15) is 6.92 Å². The van der Waals surface area contributed by atoms with E-state index in [0.29, 0.717) is 21.7 Å². The lowest BCUT2D eigenvalue weighted by Gasteiger charge is -2.11. The Bertz CT molecular complexity index is 820. The maximum absolute atomic E-state index is 6.17. The van der Waals surface area contributed by atoms with Crippen molar-refractivity contribution >= 4 is 51.6 Å². The summed E-state index contributed by atoms with van der Waals surface area (Å²) in [4.78, 5) is 9.04. The molecule has 22 heavy (non-hydrogen) atoms. The number of hydrogen-bond acceptors (Lipinski definition) is 4. The van der Waals surface area contributed by atoms with Crippen molar-refractivity contribution in [1.29, 1.82) is 0 Å². The first kappa shape index (κ1) is 14.9. The van der Waals surface area contributed by atoms with Crippen molar-refractivity contribution in [3.63, 3.8) is 0 Å². The van der Waals surface area contributed by atoms with Gasteiger partial charge >= 0.3 is 0 Å². The lowest BCUT2D eigenvalue weighted by Crippen LogP contribution is -2.05. The number of nitrogens with one attached hydrogen (secondary N) is 2. The molecular weight excluding hydrogens is 319 g/mol. The number of halogens is 2. The van der Waals surface area contributed by atoms with Crippen LogP contribution in [0.5, 0.6) is 0 Å². The van der Waals surface area contributed by atoms with Crippen molar-refractivity contribution in [1.82, 2.24) is 9.97 Å². The molecule has 2 aromatic carbocycles. The number of anilines is 3. The molecule has 0 aliphatic carbocycles. The van der Waals surface area contributed by atoms with Gasteiger partial charge in [-0.2, -0.15) is 4.98 Å². The Morgan fingerprint density at radius 2 is 1.86 bits per heavy atom. The fourth-order valence-electron chi connectivity index (χ4n) is 2.15. The SMILES string of the molecule is CCNc1nc(Nc2cc(Cl)ccc2Cl)nc2ccccc12. The highest BCUT2D eigenvalue weighted by Gasteiger charge is 2.09. The fraction of sp³-hybridized carbons (Fsp3) is 0.125. The van der Waals surface area contributed by atoms with Gasteiger partial charge in [0.05, 0.1) is 16.2 Å². The highest BCUT2D eigenvalue weighted by atomic mass is 35.5.